The van der Waals surface area contributed by atoms with Gasteiger partial charge >= 0.3 is 0 Å². The van der Waals surface area contributed by atoms with Crippen molar-refractivity contribution < 1.29 is 22.7 Å². The monoisotopic (exact) mass is 467 g/mol. The lowest BCUT2D eigenvalue weighted by atomic mass is 9.95. The molecule has 0 bridgehead atoms. The number of halogens is 3. The van der Waals surface area contributed by atoms with Crippen LogP contribution in [-0.2, 0) is 4.79 Å². The fraction of sp³-hybridized carbons (Fsp3) is 0.308. The number of carbonyl (C=O) groups excluding carboxylic acids is 1. The number of piperidine rings is 1. The first-order valence-electron chi connectivity index (χ1n) is 11.2. The summed E-state index contributed by atoms with van der Waals surface area (Å²) in [5.74, 6) is -3.48. The maximum absolute atomic E-state index is 13.9. The lowest BCUT2D eigenvalue weighted by molar-refractivity contribution is -0.131. The van der Waals surface area contributed by atoms with Crippen molar-refractivity contribution in [2.45, 2.75) is 44.7 Å². The van der Waals surface area contributed by atoms with Crippen molar-refractivity contribution in [3.05, 3.63) is 82.7 Å². The molecule has 5 rings (SSSR count). The minimum absolute atomic E-state index is 0.00668. The molecule has 2 saturated heterocycles. The molecule has 176 valence electrons. The zero-order chi connectivity index (χ0) is 24.0. The molecular formula is C26H24F3N3O2. The molecule has 3 aromatic rings. The molecule has 0 N–H and O–H groups in total. The van der Waals surface area contributed by atoms with Crippen LogP contribution in [0.2, 0.25) is 0 Å². The molecule has 5 nitrogen and oxygen atoms in total. The molecule has 2 atom stereocenters. The van der Waals surface area contributed by atoms with E-state index in [4.69, 9.17) is 4.74 Å². The molecule has 1 amide bonds. The fourth-order valence-corrected chi connectivity index (χ4v) is 5.05. The number of aryl methyl sites for hydroxylation is 1. The standard InChI is InChI=1S/C26H24F3N3O2/c1-15-13-31(14-30-15)23-7-3-16(10-24(23)34-2)9-17-4-5-19-6-8-22(32(19)26(17)33)18-11-20(27)25(29)21(28)12-18/h3,7,9-14,19,22H,4-6,8H2,1-2H3/t19-,22-/m1/s1. The Kier molecular flexibility index (Phi) is 5.67. The van der Waals surface area contributed by atoms with Gasteiger partial charge in [0.25, 0.3) is 5.91 Å². The molecule has 8 heteroatoms. The predicted molar refractivity (Wildman–Crippen MR) is 121 cm³/mol. The Balaban J connectivity index is 1.44. The van der Waals surface area contributed by atoms with Crippen molar-refractivity contribution in [2.24, 2.45) is 0 Å². The van der Waals surface area contributed by atoms with Gasteiger partial charge in [0.15, 0.2) is 17.5 Å². The number of ether oxygens (including phenoxy) is 1. The van der Waals surface area contributed by atoms with Gasteiger partial charge in [0.2, 0.25) is 0 Å². The second-order valence-electron chi connectivity index (χ2n) is 8.82. The van der Waals surface area contributed by atoms with Crippen molar-refractivity contribution in [1.82, 2.24) is 14.5 Å². The fourth-order valence-electron chi connectivity index (χ4n) is 5.05. The number of aromatic nitrogens is 2. The lowest BCUT2D eigenvalue weighted by Crippen LogP contribution is -2.41. The first kappa shape index (κ1) is 22.3. The van der Waals surface area contributed by atoms with E-state index in [-0.39, 0.29) is 17.5 Å². The summed E-state index contributed by atoms with van der Waals surface area (Å²) in [4.78, 5) is 19.4. The van der Waals surface area contributed by atoms with Crippen LogP contribution in [0.5, 0.6) is 5.75 Å². The van der Waals surface area contributed by atoms with E-state index >= 15 is 0 Å². The van der Waals surface area contributed by atoms with Crippen LogP contribution in [0.25, 0.3) is 11.8 Å². The van der Waals surface area contributed by atoms with Crippen LogP contribution in [0, 0.1) is 24.4 Å². The maximum Gasteiger partial charge on any atom is 0.250 e. The van der Waals surface area contributed by atoms with Crippen LogP contribution in [0.4, 0.5) is 13.2 Å². The third-order valence-electron chi connectivity index (χ3n) is 6.68. The van der Waals surface area contributed by atoms with E-state index in [1.807, 2.05) is 42.0 Å². The van der Waals surface area contributed by atoms with Gasteiger partial charge in [-0.25, -0.2) is 18.2 Å². The maximum atomic E-state index is 13.9. The predicted octanol–water partition coefficient (Wildman–Crippen LogP) is 5.52. The summed E-state index contributed by atoms with van der Waals surface area (Å²) in [6.45, 7) is 1.91. The van der Waals surface area contributed by atoms with Gasteiger partial charge in [-0.3, -0.25) is 4.79 Å². The zero-order valence-electron chi connectivity index (χ0n) is 18.9. The van der Waals surface area contributed by atoms with Crippen molar-refractivity contribution >= 4 is 12.0 Å². The minimum atomic E-state index is -1.49. The van der Waals surface area contributed by atoms with Gasteiger partial charge in [0, 0.05) is 17.8 Å². The van der Waals surface area contributed by atoms with Crippen LogP contribution in [0.15, 0.2) is 48.4 Å². The van der Waals surface area contributed by atoms with Crippen LogP contribution >= 0.6 is 0 Å². The lowest BCUT2D eigenvalue weighted by Gasteiger charge is -2.35. The average Bonchev–Trinajstić information content (AvgIpc) is 3.45. The highest BCUT2D eigenvalue weighted by atomic mass is 19.2. The van der Waals surface area contributed by atoms with E-state index in [2.05, 4.69) is 4.98 Å². The highest BCUT2D eigenvalue weighted by Gasteiger charge is 2.42. The van der Waals surface area contributed by atoms with Gasteiger partial charge in [-0.1, -0.05) is 6.07 Å². The molecule has 0 spiro atoms. The number of amides is 1. The number of fused-ring (bicyclic) bond motifs is 1. The molecule has 0 unspecified atom stereocenters. The summed E-state index contributed by atoms with van der Waals surface area (Å²) in [6.07, 6.45) is 8.16. The Morgan fingerprint density at radius 2 is 1.85 bits per heavy atom. The van der Waals surface area contributed by atoms with E-state index < -0.39 is 23.5 Å². The summed E-state index contributed by atoms with van der Waals surface area (Å²) in [7, 11) is 1.59. The summed E-state index contributed by atoms with van der Waals surface area (Å²) < 4.78 is 48.6. The molecule has 2 aliphatic heterocycles. The zero-order valence-corrected chi connectivity index (χ0v) is 18.9. The van der Waals surface area contributed by atoms with Gasteiger partial charge in [0.1, 0.15) is 5.75 Å². The molecule has 0 aliphatic carbocycles. The van der Waals surface area contributed by atoms with E-state index in [0.717, 1.165) is 41.9 Å². The SMILES string of the molecule is COc1cc(C=C2CC[C@@H]3CC[C@H](c4cc(F)c(F)c(F)c4)N3C2=O)ccc1-n1cnc(C)c1. The summed E-state index contributed by atoms with van der Waals surface area (Å²) >= 11 is 0. The first-order chi connectivity index (χ1) is 16.4. The van der Waals surface area contributed by atoms with Crippen LogP contribution < -0.4 is 4.74 Å². The number of hydrogen-bond acceptors (Lipinski definition) is 3. The van der Waals surface area contributed by atoms with Crippen LogP contribution in [-0.4, -0.2) is 33.5 Å². The molecular weight excluding hydrogens is 443 g/mol. The number of methoxy groups -OCH3 is 1. The minimum Gasteiger partial charge on any atom is -0.495 e. The number of rotatable bonds is 4. The highest BCUT2D eigenvalue weighted by Crippen LogP contribution is 2.43. The van der Waals surface area contributed by atoms with Gasteiger partial charge < -0.3 is 14.2 Å². The van der Waals surface area contributed by atoms with E-state index in [1.54, 1.807) is 18.3 Å². The van der Waals surface area contributed by atoms with Crippen molar-refractivity contribution in [3.8, 4) is 11.4 Å². The third-order valence-corrected chi connectivity index (χ3v) is 6.68. The van der Waals surface area contributed by atoms with Crippen LogP contribution in [0.3, 0.4) is 0 Å². The Morgan fingerprint density at radius 3 is 2.53 bits per heavy atom. The molecule has 2 fully saturated rings. The van der Waals surface area contributed by atoms with Crippen molar-refractivity contribution in [3.63, 3.8) is 0 Å². The van der Waals surface area contributed by atoms with Gasteiger partial charge in [0.05, 0.1) is 30.9 Å². The topological polar surface area (TPSA) is 47.4 Å². The molecule has 0 radical (unpaired) electrons. The third kappa shape index (κ3) is 3.87. The number of benzene rings is 2. The smallest absolute Gasteiger partial charge is 0.250 e. The largest absolute Gasteiger partial charge is 0.495 e. The van der Waals surface area contributed by atoms with E-state index in [1.165, 1.54) is 0 Å². The summed E-state index contributed by atoms with van der Waals surface area (Å²) in [5.41, 5.74) is 3.44. The molecule has 2 aromatic carbocycles. The second kappa shape index (κ2) is 8.66. The van der Waals surface area contributed by atoms with E-state index in [9.17, 15) is 18.0 Å². The van der Waals surface area contributed by atoms with Gasteiger partial charge in [-0.2, -0.15) is 0 Å². The highest BCUT2D eigenvalue weighted by molar-refractivity contribution is 5.99. The number of hydrogen-bond donors (Lipinski definition) is 0. The second-order valence-corrected chi connectivity index (χ2v) is 8.82. The van der Waals surface area contributed by atoms with E-state index in [0.29, 0.717) is 24.2 Å². The first-order valence-corrected chi connectivity index (χ1v) is 11.2. The molecule has 34 heavy (non-hydrogen) atoms. The quantitative estimate of drug-likeness (QED) is 0.375. The Labute approximate surface area is 195 Å². The Hall–Kier alpha value is -3.55. The molecule has 2 aliphatic rings. The number of nitrogens with zero attached hydrogens (tertiary/aromatic N) is 3. The summed E-state index contributed by atoms with van der Waals surface area (Å²) in [6, 6.07) is 7.20. The molecule has 1 aromatic heterocycles. The van der Waals surface area contributed by atoms with Gasteiger partial charge in [-0.15, -0.1) is 0 Å². The number of carbonyl (C=O) groups is 1. The Bertz CT molecular complexity index is 1280. The Morgan fingerprint density at radius 1 is 1.09 bits per heavy atom. The van der Waals surface area contributed by atoms with Crippen LogP contribution in [0.1, 0.15) is 48.5 Å². The summed E-state index contributed by atoms with van der Waals surface area (Å²) in [5, 5.41) is 0. The molecule has 3 heterocycles. The van der Waals surface area contributed by atoms with Crippen molar-refractivity contribution in [1.29, 1.82) is 0 Å². The normalized spacial score (nSPS) is 21.3. The van der Waals surface area contributed by atoms with Crippen molar-refractivity contribution in [2.75, 3.05) is 7.11 Å². The molecule has 0 saturated carbocycles. The average molecular weight is 467 g/mol. The van der Waals surface area contributed by atoms with Gasteiger partial charge in [-0.05, 0) is 74.1 Å². The number of imidazole rings is 1.